The van der Waals surface area contributed by atoms with E-state index in [1.165, 1.54) is 36.9 Å². The van der Waals surface area contributed by atoms with E-state index in [2.05, 4.69) is 89.3 Å². The molecule has 3 aromatic carbocycles. The second-order valence-electron chi connectivity index (χ2n) is 18.1. The number of likely N-dealkylation sites (tertiary alicyclic amines) is 1. The first kappa shape index (κ1) is 41.0. The molecule has 3 aliphatic rings. The number of hydrogen-bond donors (Lipinski definition) is 3. The number of piperidine rings is 2. The topological polar surface area (TPSA) is 165 Å². The molecule has 3 N–H and O–H groups in total. The fourth-order valence-electron chi connectivity index (χ4n) is 8.99. The number of imide groups is 1. The van der Waals surface area contributed by atoms with Gasteiger partial charge in [0.15, 0.2) is 5.65 Å². The number of amides is 4. The summed E-state index contributed by atoms with van der Waals surface area (Å²) >= 11 is 0. The highest BCUT2D eigenvalue weighted by Gasteiger charge is 2.28. The van der Waals surface area contributed by atoms with Crippen molar-refractivity contribution in [2.75, 3.05) is 49.1 Å². The lowest BCUT2D eigenvalue weighted by atomic mass is 9.87. The number of rotatable bonds is 10. The second kappa shape index (κ2) is 17.2. The van der Waals surface area contributed by atoms with Crippen LogP contribution in [0.3, 0.4) is 0 Å². The highest BCUT2D eigenvalue weighted by atomic mass is 16.5. The van der Waals surface area contributed by atoms with Gasteiger partial charge in [-0.15, -0.1) is 0 Å². The highest BCUT2D eigenvalue weighted by Crippen LogP contribution is 2.34. The van der Waals surface area contributed by atoms with Crippen LogP contribution < -0.4 is 20.4 Å². The van der Waals surface area contributed by atoms with Gasteiger partial charge in [-0.25, -0.2) is 9.78 Å². The largest absolute Gasteiger partial charge is 0.372 e. The van der Waals surface area contributed by atoms with E-state index in [0.29, 0.717) is 42.9 Å². The number of aromatic nitrogens is 5. The molecule has 3 aliphatic heterocycles. The van der Waals surface area contributed by atoms with Gasteiger partial charge in [0.05, 0.1) is 5.69 Å². The molecule has 9 rings (SSSR count). The Morgan fingerprint density at radius 2 is 1.58 bits per heavy atom. The van der Waals surface area contributed by atoms with Crippen molar-refractivity contribution in [3.8, 4) is 22.4 Å². The minimum Gasteiger partial charge on any atom is -0.372 e. The molecule has 0 spiro atoms. The van der Waals surface area contributed by atoms with E-state index < -0.39 is 0 Å². The predicted octanol–water partition coefficient (Wildman–Crippen LogP) is 7.75. The second-order valence-corrected chi connectivity index (χ2v) is 18.1. The molecule has 3 aromatic heterocycles. The lowest BCUT2D eigenvalue weighted by Gasteiger charge is -2.38. The van der Waals surface area contributed by atoms with E-state index in [0.717, 1.165) is 77.3 Å². The summed E-state index contributed by atoms with van der Waals surface area (Å²) in [5, 5.41) is 17.8. The number of carbonyl (C=O) groups excluding carboxylic acids is 3. The molecule has 0 radical (unpaired) electrons. The molecule has 14 nitrogen and oxygen atoms in total. The maximum absolute atomic E-state index is 12.7. The molecule has 0 unspecified atom stereocenters. The Morgan fingerprint density at radius 3 is 2.27 bits per heavy atom. The number of aromatic amines is 1. The van der Waals surface area contributed by atoms with Crippen molar-refractivity contribution in [3.05, 3.63) is 107 Å². The Balaban J connectivity index is 0.759. The summed E-state index contributed by atoms with van der Waals surface area (Å²) in [4.78, 5) is 52.3. The Morgan fingerprint density at radius 1 is 0.855 bits per heavy atom. The molecule has 320 valence electrons. The molecule has 3 saturated heterocycles. The van der Waals surface area contributed by atoms with Crippen LogP contribution in [-0.4, -0.2) is 87.3 Å². The van der Waals surface area contributed by atoms with Gasteiger partial charge in [0, 0.05) is 78.6 Å². The number of carbonyl (C=O) groups is 3. The van der Waals surface area contributed by atoms with Gasteiger partial charge in [-0.2, -0.15) is 10.1 Å². The molecule has 4 amide bonds. The molecular formula is C48H54N10O4. The van der Waals surface area contributed by atoms with Crippen LogP contribution in [0.2, 0.25) is 0 Å². The molecule has 0 atom stereocenters. The third-order valence-electron chi connectivity index (χ3n) is 12.8. The minimum absolute atomic E-state index is 0.0298. The number of urea groups is 1. The van der Waals surface area contributed by atoms with Crippen LogP contribution in [-0.2, 0) is 16.8 Å². The van der Waals surface area contributed by atoms with Crippen LogP contribution in [0.5, 0.6) is 0 Å². The number of hydrogen-bond acceptors (Lipinski definition) is 10. The average Bonchev–Trinajstić information content (AvgIpc) is 3.96. The van der Waals surface area contributed by atoms with Crippen LogP contribution in [0.25, 0.3) is 33.4 Å². The Kier molecular flexibility index (Phi) is 11.3. The fourth-order valence-corrected chi connectivity index (χ4v) is 8.99. The standard InChI is InChI=1S/C48H54N10O4/c1-30-25-35(9-10-36(30)27-50-45(60)44-52-46(62-55-44)48(2,3)4)42-40-26-37(28-49-43(40)54-53-42)33-7-5-32(6-8-33)34-17-20-56(21-18-34)29-31-15-22-57(23-16-31)38-11-13-39(14-12-38)58-24-19-41(59)51-47(58)61/h5-14,25-26,28,31,34H,15-24,27,29H2,1-4H3,(H,50,60)(H,49,53,54)(H,51,59,61). The molecule has 14 heteroatoms. The zero-order chi connectivity index (χ0) is 43.0. The van der Waals surface area contributed by atoms with Gasteiger partial charge in [0.1, 0.15) is 0 Å². The predicted molar refractivity (Wildman–Crippen MR) is 239 cm³/mol. The first-order chi connectivity index (χ1) is 29.9. The van der Waals surface area contributed by atoms with Crippen molar-refractivity contribution in [2.45, 2.75) is 77.7 Å². The van der Waals surface area contributed by atoms with E-state index in [9.17, 15) is 14.4 Å². The quantitative estimate of drug-likeness (QED) is 0.124. The fraction of sp³-hybridized carbons (Fsp3) is 0.396. The third-order valence-corrected chi connectivity index (χ3v) is 12.8. The maximum Gasteiger partial charge on any atom is 0.328 e. The number of aryl methyl sites for hydroxylation is 1. The van der Waals surface area contributed by atoms with E-state index in [1.807, 2.05) is 58.2 Å². The molecule has 0 bridgehead atoms. The number of H-pyrrole nitrogens is 1. The van der Waals surface area contributed by atoms with Crippen LogP contribution >= 0.6 is 0 Å². The van der Waals surface area contributed by atoms with Crippen LogP contribution in [0.4, 0.5) is 16.2 Å². The monoisotopic (exact) mass is 834 g/mol. The zero-order valence-electron chi connectivity index (χ0n) is 35.9. The number of pyridine rings is 1. The van der Waals surface area contributed by atoms with E-state index in [4.69, 9.17) is 9.51 Å². The van der Waals surface area contributed by atoms with Crippen LogP contribution in [0, 0.1) is 12.8 Å². The zero-order valence-corrected chi connectivity index (χ0v) is 35.9. The smallest absolute Gasteiger partial charge is 0.328 e. The van der Waals surface area contributed by atoms with Gasteiger partial charge in [-0.1, -0.05) is 62.3 Å². The molecule has 0 saturated carbocycles. The molecule has 6 aromatic rings. The number of nitrogens with one attached hydrogen (secondary N) is 3. The van der Waals surface area contributed by atoms with E-state index in [-0.39, 0.29) is 29.1 Å². The maximum atomic E-state index is 12.7. The number of benzene rings is 3. The Labute approximate surface area is 361 Å². The van der Waals surface area contributed by atoms with Crippen molar-refractivity contribution in [1.82, 2.24) is 40.9 Å². The summed E-state index contributed by atoms with van der Waals surface area (Å²) in [5.41, 5.74) is 9.83. The minimum atomic E-state index is -0.376. The molecule has 62 heavy (non-hydrogen) atoms. The van der Waals surface area contributed by atoms with Crippen LogP contribution in [0.1, 0.15) is 92.0 Å². The van der Waals surface area contributed by atoms with Gasteiger partial charge in [0.2, 0.25) is 11.8 Å². The lowest BCUT2D eigenvalue weighted by Crippen LogP contribution is -2.49. The molecule has 6 heterocycles. The number of nitrogens with zero attached hydrogens (tertiary/aromatic N) is 7. The van der Waals surface area contributed by atoms with Crippen molar-refractivity contribution in [2.24, 2.45) is 5.92 Å². The van der Waals surface area contributed by atoms with Gasteiger partial charge in [-0.3, -0.25) is 24.9 Å². The summed E-state index contributed by atoms with van der Waals surface area (Å²) < 4.78 is 5.28. The van der Waals surface area contributed by atoms with E-state index in [1.54, 1.807) is 4.90 Å². The lowest BCUT2D eigenvalue weighted by molar-refractivity contribution is -0.120. The average molecular weight is 835 g/mol. The van der Waals surface area contributed by atoms with Gasteiger partial charge >= 0.3 is 6.03 Å². The number of fused-ring (bicyclic) bond motifs is 1. The normalized spacial score (nSPS) is 17.2. The SMILES string of the molecule is Cc1cc(-c2[nH]nc3ncc(-c4ccc(C5CCN(CC6CCN(c7ccc(N8CCC(=O)NC8=O)cc7)CC6)CC5)cc4)cc23)ccc1CNC(=O)c1noc(C(C)(C)C)n1. The van der Waals surface area contributed by atoms with Crippen molar-refractivity contribution >= 4 is 40.3 Å². The van der Waals surface area contributed by atoms with Gasteiger partial charge < -0.3 is 19.6 Å². The van der Waals surface area contributed by atoms with Crippen molar-refractivity contribution in [1.29, 1.82) is 0 Å². The summed E-state index contributed by atoms with van der Waals surface area (Å²) in [5.74, 6) is 1.12. The number of anilines is 2. The first-order valence-corrected chi connectivity index (χ1v) is 21.8. The summed E-state index contributed by atoms with van der Waals surface area (Å²) in [6.45, 7) is 14.1. The van der Waals surface area contributed by atoms with Crippen LogP contribution in [0.15, 0.2) is 83.5 Å². The third kappa shape index (κ3) is 8.83. The molecule has 0 aliphatic carbocycles. The first-order valence-electron chi connectivity index (χ1n) is 21.8. The molecule has 3 fully saturated rings. The highest BCUT2D eigenvalue weighted by molar-refractivity contribution is 6.05. The Bertz CT molecular complexity index is 2580. The van der Waals surface area contributed by atoms with E-state index >= 15 is 0 Å². The molecular weight excluding hydrogens is 781 g/mol. The summed E-state index contributed by atoms with van der Waals surface area (Å²) in [6, 6.07) is 25.2. The van der Waals surface area contributed by atoms with Crippen molar-refractivity contribution < 1.29 is 18.9 Å². The Hall–Kier alpha value is -6.41. The van der Waals surface area contributed by atoms with Gasteiger partial charge in [0.25, 0.3) is 11.7 Å². The van der Waals surface area contributed by atoms with Gasteiger partial charge in [-0.05, 0) is 116 Å². The summed E-state index contributed by atoms with van der Waals surface area (Å²) in [6.07, 6.45) is 6.91. The summed E-state index contributed by atoms with van der Waals surface area (Å²) in [7, 11) is 0. The van der Waals surface area contributed by atoms with Crippen molar-refractivity contribution in [3.63, 3.8) is 0 Å².